The van der Waals surface area contributed by atoms with Crippen molar-refractivity contribution < 1.29 is 13.6 Å². The van der Waals surface area contributed by atoms with Crippen LogP contribution in [-0.2, 0) is 17.8 Å². The van der Waals surface area contributed by atoms with Crippen molar-refractivity contribution in [2.75, 3.05) is 5.32 Å². The van der Waals surface area contributed by atoms with Gasteiger partial charge in [-0.15, -0.1) is 0 Å². The zero-order valence-electron chi connectivity index (χ0n) is 14.9. The molecule has 0 spiro atoms. The number of para-hydroxylation sites is 1. The molecule has 0 fully saturated rings. The van der Waals surface area contributed by atoms with Crippen LogP contribution in [0.4, 0.5) is 14.5 Å². The molecule has 136 valence electrons. The normalized spacial score (nSPS) is 11.3. The van der Waals surface area contributed by atoms with Gasteiger partial charge in [0.2, 0.25) is 5.91 Å². The third kappa shape index (κ3) is 3.42. The maximum atomic E-state index is 13.4. The molecular weight excluding hydrogens is 338 g/mol. The summed E-state index contributed by atoms with van der Waals surface area (Å²) in [5.74, 6) is -0.280. The van der Waals surface area contributed by atoms with E-state index in [0.29, 0.717) is 22.4 Å². The summed E-state index contributed by atoms with van der Waals surface area (Å²) in [5.41, 5.74) is 2.86. The lowest BCUT2D eigenvalue weighted by atomic mass is 10.1. The number of carbonyl (C=O) groups excluding carboxylic acids is 1. The highest BCUT2D eigenvalue weighted by Crippen LogP contribution is 2.30. The molecule has 2 aromatic heterocycles. The van der Waals surface area contributed by atoms with E-state index in [1.807, 2.05) is 31.2 Å². The molecule has 1 amide bonds. The molecule has 0 saturated carbocycles. The highest BCUT2D eigenvalue weighted by molar-refractivity contribution is 5.92. The van der Waals surface area contributed by atoms with Crippen molar-refractivity contribution in [3.05, 3.63) is 52.8 Å². The number of hydrogen-bond acceptors (Lipinski definition) is 3. The van der Waals surface area contributed by atoms with Gasteiger partial charge in [0.15, 0.2) is 5.65 Å². The molecule has 0 radical (unpaired) electrons. The van der Waals surface area contributed by atoms with E-state index < -0.39 is 6.43 Å². The van der Waals surface area contributed by atoms with Gasteiger partial charge in [0.25, 0.3) is 6.43 Å². The Morgan fingerprint density at radius 2 is 2.00 bits per heavy atom. The van der Waals surface area contributed by atoms with Gasteiger partial charge in [0.05, 0.1) is 11.1 Å². The summed E-state index contributed by atoms with van der Waals surface area (Å²) in [5, 5.41) is 7.43. The molecule has 3 rings (SSSR count). The van der Waals surface area contributed by atoms with E-state index in [2.05, 4.69) is 15.4 Å². The molecule has 7 heteroatoms. The van der Waals surface area contributed by atoms with Gasteiger partial charge in [-0.2, -0.15) is 5.10 Å². The Hall–Kier alpha value is -2.83. The number of aromatic nitrogens is 3. The predicted molar refractivity (Wildman–Crippen MR) is 96.4 cm³/mol. The second-order valence-corrected chi connectivity index (χ2v) is 6.15. The first kappa shape index (κ1) is 18.0. The first-order valence-corrected chi connectivity index (χ1v) is 8.41. The molecule has 3 aromatic rings. The SMILES string of the molecule is CCc1ccccc1NC(=O)Cn1nc(C)c2c(C(F)F)cc(C)nc21. The zero-order chi connectivity index (χ0) is 18.8. The highest BCUT2D eigenvalue weighted by Gasteiger charge is 2.20. The van der Waals surface area contributed by atoms with Crippen LogP contribution in [0.3, 0.4) is 0 Å². The largest absolute Gasteiger partial charge is 0.324 e. The van der Waals surface area contributed by atoms with Crippen molar-refractivity contribution in [2.45, 2.75) is 40.2 Å². The number of amides is 1. The van der Waals surface area contributed by atoms with Gasteiger partial charge in [-0.25, -0.2) is 18.4 Å². The van der Waals surface area contributed by atoms with Crippen molar-refractivity contribution >= 4 is 22.6 Å². The van der Waals surface area contributed by atoms with E-state index in [1.54, 1.807) is 13.8 Å². The summed E-state index contributed by atoms with van der Waals surface area (Å²) in [6.45, 7) is 5.21. The number of pyridine rings is 1. The Labute approximate surface area is 150 Å². The molecule has 1 aromatic carbocycles. The van der Waals surface area contributed by atoms with Crippen molar-refractivity contribution in [1.82, 2.24) is 14.8 Å². The number of halogens is 2. The fraction of sp³-hybridized carbons (Fsp3) is 0.316. The average Bonchev–Trinajstić information content (AvgIpc) is 2.90. The summed E-state index contributed by atoms with van der Waals surface area (Å²) in [7, 11) is 0. The summed E-state index contributed by atoms with van der Waals surface area (Å²) < 4.78 is 28.1. The Balaban J connectivity index is 1.93. The van der Waals surface area contributed by atoms with Gasteiger partial charge in [0.1, 0.15) is 6.54 Å². The lowest BCUT2D eigenvalue weighted by Gasteiger charge is -2.10. The summed E-state index contributed by atoms with van der Waals surface area (Å²) in [6.07, 6.45) is -1.83. The van der Waals surface area contributed by atoms with Gasteiger partial charge in [0, 0.05) is 16.9 Å². The topological polar surface area (TPSA) is 59.8 Å². The molecule has 0 unspecified atom stereocenters. The molecule has 5 nitrogen and oxygen atoms in total. The molecule has 0 bridgehead atoms. The predicted octanol–water partition coefficient (Wildman–Crippen LogP) is 4.19. The van der Waals surface area contributed by atoms with Crippen LogP contribution in [0.2, 0.25) is 0 Å². The standard InChI is InChI=1S/C19H20F2N4O/c1-4-13-7-5-6-8-15(13)23-16(26)10-25-19-17(12(3)24-25)14(18(20)21)9-11(2)22-19/h5-9,18H,4,10H2,1-3H3,(H,23,26). The zero-order valence-corrected chi connectivity index (χ0v) is 14.9. The number of anilines is 1. The van der Waals surface area contributed by atoms with Crippen LogP contribution in [0.1, 0.15) is 35.9 Å². The highest BCUT2D eigenvalue weighted by atomic mass is 19.3. The smallest absolute Gasteiger partial charge is 0.264 e. The lowest BCUT2D eigenvalue weighted by Crippen LogP contribution is -2.20. The summed E-state index contributed by atoms with van der Waals surface area (Å²) >= 11 is 0. The number of aryl methyl sites for hydroxylation is 3. The van der Waals surface area contributed by atoms with Gasteiger partial charge in [-0.05, 0) is 38.0 Å². The summed E-state index contributed by atoms with van der Waals surface area (Å²) in [6, 6.07) is 8.91. The molecule has 0 saturated heterocycles. The number of hydrogen-bond donors (Lipinski definition) is 1. The first-order chi connectivity index (χ1) is 12.4. The van der Waals surface area contributed by atoms with Crippen LogP contribution in [0, 0.1) is 13.8 Å². The molecular formula is C19H20F2N4O. The van der Waals surface area contributed by atoms with Crippen molar-refractivity contribution in [2.24, 2.45) is 0 Å². The number of nitrogens with one attached hydrogen (secondary N) is 1. The minimum atomic E-state index is -2.62. The van der Waals surface area contributed by atoms with Gasteiger partial charge < -0.3 is 5.32 Å². The second kappa shape index (κ2) is 7.19. The van der Waals surface area contributed by atoms with E-state index >= 15 is 0 Å². The van der Waals surface area contributed by atoms with Crippen LogP contribution >= 0.6 is 0 Å². The Bertz CT molecular complexity index is 966. The fourth-order valence-electron chi connectivity index (χ4n) is 3.08. The third-order valence-electron chi connectivity index (χ3n) is 4.24. The van der Waals surface area contributed by atoms with Crippen molar-refractivity contribution in [3.8, 4) is 0 Å². The number of rotatable bonds is 5. The number of benzene rings is 1. The molecule has 0 atom stereocenters. The van der Waals surface area contributed by atoms with Gasteiger partial charge >= 0.3 is 0 Å². The minimum absolute atomic E-state index is 0.0957. The Morgan fingerprint density at radius 3 is 2.69 bits per heavy atom. The van der Waals surface area contributed by atoms with Crippen LogP contribution in [0.5, 0.6) is 0 Å². The number of alkyl halides is 2. The second-order valence-electron chi connectivity index (χ2n) is 6.15. The van der Waals surface area contributed by atoms with Gasteiger partial charge in [-0.3, -0.25) is 4.79 Å². The molecule has 0 aliphatic carbocycles. The monoisotopic (exact) mass is 358 g/mol. The van der Waals surface area contributed by atoms with Gasteiger partial charge in [-0.1, -0.05) is 25.1 Å². The first-order valence-electron chi connectivity index (χ1n) is 8.41. The maximum absolute atomic E-state index is 13.4. The quantitative estimate of drug-likeness (QED) is 0.744. The van der Waals surface area contributed by atoms with E-state index in [0.717, 1.165) is 17.7 Å². The van der Waals surface area contributed by atoms with Crippen LogP contribution in [0.15, 0.2) is 30.3 Å². The van der Waals surface area contributed by atoms with Crippen molar-refractivity contribution in [1.29, 1.82) is 0 Å². The number of carbonyl (C=O) groups is 1. The maximum Gasteiger partial charge on any atom is 0.264 e. The number of fused-ring (bicyclic) bond motifs is 1. The van der Waals surface area contributed by atoms with Crippen LogP contribution in [0.25, 0.3) is 11.0 Å². The number of nitrogens with zero attached hydrogens (tertiary/aromatic N) is 3. The van der Waals surface area contributed by atoms with Crippen LogP contribution in [-0.4, -0.2) is 20.7 Å². The average molecular weight is 358 g/mol. The van der Waals surface area contributed by atoms with E-state index in [9.17, 15) is 13.6 Å². The molecule has 1 N–H and O–H groups in total. The molecule has 26 heavy (non-hydrogen) atoms. The van der Waals surface area contributed by atoms with E-state index in [-0.39, 0.29) is 18.0 Å². The summed E-state index contributed by atoms with van der Waals surface area (Å²) in [4.78, 5) is 16.8. The van der Waals surface area contributed by atoms with Crippen molar-refractivity contribution in [3.63, 3.8) is 0 Å². The van der Waals surface area contributed by atoms with Crippen LogP contribution < -0.4 is 5.32 Å². The molecule has 0 aliphatic rings. The van der Waals surface area contributed by atoms with E-state index in [1.165, 1.54) is 10.7 Å². The lowest BCUT2D eigenvalue weighted by molar-refractivity contribution is -0.116. The Morgan fingerprint density at radius 1 is 1.27 bits per heavy atom. The fourth-order valence-corrected chi connectivity index (χ4v) is 3.08. The molecule has 0 aliphatic heterocycles. The van der Waals surface area contributed by atoms with E-state index in [4.69, 9.17) is 0 Å². The minimum Gasteiger partial charge on any atom is -0.324 e. The Kier molecular flexibility index (Phi) is 4.97. The third-order valence-corrected chi connectivity index (χ3v) is 4.24. The molecule has 2 heterocycles.